The summed E-state index contributed by atoms with van der Waals surface area (Å²) in [5.74, 6) is 0. The van der Waals surface area contributed by atoms with Crippen LogP contribution in [0.1, 0.15) is 19.0 Å². The number of aromatic nitrogens is 3. The number of aryl methyl sites for hydroxylation is 1. The molecule has 0 aliphatic carbocycles. The number of benzene rings is 1. The van der Waals surface area contributed by atoms with Crippen molar-refractivity contribution in [2.75, 3.05) is 17.2 Å². The molecular weight excluding hydrogens is 226 g/mol. The molecule has 2 N–H and O–H groups in total. The molecule has 2 aromatic rings. The molecule has 5 heteroatoms. The molecule has 0 unspecified atom stereocenters. The number of para-hydroxylation sites is 2. The molecule has 1 heterocycles. The van der Waals surface area contributed by atoms with Crippen LogP contribution in [0.3, 0.4) is 0 Å². The molecule has 1 aromatic carbocycles. The van der Waals surface area contributed by atoms with E-state index in [0.717, 1.165) is 36.6 Å². The summed E-state index contributed by atoms with van der Waals surface area (Å²) in [5.41, 5.74) is 8.84. The van der Waals surface area contributed by atoms with Crippen molar-refractivity contribution in [1.29, 1.82) is 0 Å². The van der Waals surface area contributed by atoms with E-state index in [2.05, 4.69) is 22.1 Å². The summed E-state index contributed by atoms with van der Waals surface area (Å²) in [7, 11) is 1.87. The van der Waals surface area contributed by atoms with Crippen molar-refractivity contribution in [3.63, 3.8) is 0 Å². The lowest BCUT2D eigenvalue weighted by Gasteiger charge is -2.24. The van der Waals surface area contributed by atoms with Gasteiger partial charge in [-0.2, -0.15) is 0 Å². The lowest BCUT2D eigenvalue weighted by atomic mass is 10.2. The minimum absolute atomic E-state index is 0.732. The monoisotopic (exact) mass is 245 g/mol. The molecule has 0 aliphatic rings. The van der Waals surface area contributed by atoms with Gasteiger partial charge in [0.05, 0.1) is 17.9 Å². The van der Waals surface area contributed by atoms with E-state index in [4.69, 9.17) is 5.73 Å². The molecule has 1 aromatic heterocycles. The van der Waals surface area contributed by atoms with Gasteiger partial charge in [-0.15, -0.1) is 5.10 Å². The average Bonchev–Trinajstić information content (AvgIpc) is 2.75. The Hall–Kier alpha value is -2.04. The van der Waals surface area contributed by atoms with E-state index in [1.165, 1.54) is 0 Å². The summed E-state index contributed by atoms with van der Waals surface area (Å²) in [6, 6.07) is 7.92. The fraction of sp³-hybridized carbons (Fsp3) is 0.385. The number of hydrogen-bond donors (Lipinski definition) is 1. The van der Waals surface area contributed by atoms with Gasteiger partial charge in [-0.1, -0.05) is 24.3 Å². The smallest absolute Gasteiger partial charge is 0.102 e. The summed E-state index contributed by atoms with van der Waals surface area (Å²) < 4.78 is 1.72. The number of rotatable bonds is 5. The minimum Gasteiger partial charge on any atom is -0.397 e. The largest absolute Gasteiger partial charge is 0.397 e. The van der Waals surface area contributed by atoms with Crippen molar-refractivity contribution in [2.45, 2.75) is 19.9 Å². The molecule has 0 saturated heterocycles. The number of hydrogen-bond acceptors (Lipinski definition) is 4. The Morgan fingerprint density at radius 3 is 2.72 bits per heavy atom. The third kappa shape index (κ3) is 2.80. The van der Waals surface area contributed by atoms with Gasteiger partial charge in [0.25, 0.3) is 0 Å². The molecule has 5 nitrogen and oxygen atoms in total. The highest BCUT2D eigenvalue weighted by Crippen LogP contribution is 2.23. The molecule has 18 heavy (non-hydrogen) atoms. The van der Waals surface area contributed by atoms with E-state index < -0.39 is 0 Å². The molecule has 0 fully saturated rings. The molecule has 0 atom stereocenters. The zero-order valence-electron chi connectivity index (χ0n) is 10.9. The Morgan fingerprint density at radius 2 is 2.11 bits per heavy atom. The van der Waals surface area contributed by atoms with E-state index in [-0.39, 0.29) is 0 Å². The van der Waals surface area contributed by atoms with Crippen molar-refractivity contribution >= 4 is 11.4 Å². The van der Waals surface area contributed by atoms with E-state index in [1.54, 1.807) is 4.68 Å². The topological polar surface area (TPSA) is 60.0 Å². The maximum Gasteiger partial charge on any atom is 0.102 e. The number of anilines is 2. The van der Waals surface area contributed by atoms with Gasteiger partial charge < -0.3 is 10.6 Å². The van der Waals surface area contributed by atoms with E-state index in [9.17, 15) is 0 Å². The second-order valence-corrected chi connectivity index (χ2v) is 4.36. The lowest BCUT2D eigenvalue weighted by Crippen LogP contribution is -2.24. The molecule has 0 spiro atoms. The molecule has 0 radical (unpaired) electrons. The van der Waals surface area contributed by atoms with Gasteiger partial charge in [-0.25, -0.2) is 0 Å². The first-order valence-electron chi connectivity index (χ1n) is 6.15. The van der Waals surface area contributed by atoms with Crippen molar-refractivity contribution < 1.29 is 0 Å². The predicted molar refractivity (Wildman–Crippen MR) is 73.2 cm³/mol. The first kappa shape index (κ1) is 12.4. The lowest BCUT2D eigenvalue weighted by molar-refractivity contribution is 0.709. The second-order valence-electron chi connectivity index (χ2n) is 4.36. The third-order valence-electron chi connectivity index (χ3n) is 2.77. The Labute approximate surface area is 107 Å². The van der Waals surface area contributed by atoms with Crippen LogP contribution < -0.4 is 10.6 Å². The van der Waals surface area contributed by atoms with Crippen LogP contribution in [0, 0.1) is 0 Å². The summed E-state index contributed by atoms with van der Waals surface area (Å²) in [6.07, 6.45) is 3.00. The van der Waals surface area contributed by atoms with Gasteiger partial charge in [-0.05, 0) is 18.6 Å². The summed E-state index contributed by atoms with van der Waals surface area (Å²) >= 11 is 0. The second kappa shape index (κ2) is 5.53. The molecule has 2 rings (SSSR count). The maximum atomic E-state index is 6.03. The van der Waals surface area contributed by atoms with Gasteiger partial charge in [0.1, 0.15) is 5.69 Å². The Morgan fingerprint density at radius 1 is 1.33 bits per heavy atom. The van der Waals surface area contributed by atoms with Crippen LogP contribution >= 0.6 is 0 Å². The SMILES string of the molecule is CCCN(Cc1cn(C)nn1)c1ccccc1N. The third-order valence-corrected chi connectivity index (χ3v) is 2.77. The maximum absolute atomic E-state index is 6.03. The summed E-state index contributed by atoms with van der Waals surface area (Å²) in [4.78, 5) is 2.24. The molecular formula is C13H19N5. The zero-order chi connectivity index (χ0) is 13.0. The minimum atomic E-state index is 0.732. The predicted octanol–water partition coefficient (Wildman–Crippen LogP) is 1.81. The molecule has 96 valence electrons. The van der Waals surface area contributed by atoms with Crippen LogP contribution in [0.5, 0.6) is 0 Å². The molecule has 0 saturated carbocycles. The molecule has 0 bridgehead atoms. The van der Waals surface area contributed by atoms with Crippen molar-refractivity contribution in [1.82, 2.24) is 15.0 Å². The first-order chi connectivity index (χ1) is 8.70. The van der Waals surface area contributed by atoms with Gasteiger partial charge in [0.15, 0.2) is 0 Å². The normalized spacial score (nSPS) is 10.6. The van der Waals surface area contributed by atoms with Crippen molar-refractivity contribution in [2.24, 2.45) is 7.05 Å². The molecule has 0 amide bonds. The average molecular weight is 245 g/mol. The quantitative estimate of drug-likeness (QED) is 0.816. The zero-order valence-corrected chi connectivity index (χ0v) is 10.9. The highest BCUT2D eigenvalue weighted by molar-refractivity contribution is 5.67. The fourth-order valence-electron chi connectivity index (χ4n) is 1.99. The Bertz CT molecular complexity index is 506. The first-order valence-corrected chi connectivity index (χ1v) is 6.15. The van der Waals surface area contributed by atoms with Crippen LogP contribution in [0.25, 0.3) is 0 Å². The number of nitrogens with two attached hydrogens (primary N) is 1. The van der Waals surface area contributed by atoms with Crippen LogP contribution in [0.2, 0.25) is 0 Å². The van der Waals surface area contributed by atoms with Gasteiger partial charge in [0, 0.05) is 19.8 Å². The highest BCUT2D eigenvalue weighted by Gasteiger charge is 2.11. The van der Waals surface area contributed by atoms with Crippen LogP contribution in [-0.2, 0) is 13.6 Å². The van der Waals surface area contributed by atoms with Gasteiger partial charge >= 0.3 is 0 Å². The summed E-state index contributed by atoms with van der Waals surface area (Å²) in [6.45, 7) is 3.84. The van der Waals surface area contributed by atoms with Crippen LogP contribution in [0.15, 0.2) is 30.5 Å². The number of nitrogen functional groups attached to an aromatic ring is 1. The van der Waals surface area contributed by atoms with E-state index in [0.29, 0.717) is 0 Å². The van der Waals surface area contributed by atoms with Crippen LogP contribution in [-0.4, -0.2) is 21.5 Å². The fourth-order valence-corrected chi connectivity index (χ4v) is 1.99. The molecule has 0 aliphatic heterocycles. The number of nitrogens with zero attached hydrogens (tertiary/aromatic N) is 4. The van der Waals surface area contributed by atoms with E-state index >= 15 is 0 Å². The van der Waals surface area contributed by atoms with Gasteiger partial charge in [-0.3, -0.25) is 4.68 Å². The summed E-state index contributed by atoms with van der Waals surface area (Å²) in [5, 5.41) is 8.08. The Balaban J connectivity index is 2.20. The van der Waals surface area contributed by atoms with Crippen LogP contribution in [0.4, 0.5) is 11.4 Å². The highest BCUT2D eigenvalue weighted by atomic mass is 15.4. The van der Waals surface area contributed by atoms with Crippen molar-refractivity contribution in [3.8, 4) is 0 Å². The van der Waals surface area contributed by atoms with E-state index in [1.807, 2.05) is 37.5 Å². The van der Waals surface area contributed by atoms with Gasteiger partial charge in [0.2, 0.25) is 0 Å². The standard InChI is InChI=1S/C13H19N5/c1-3-8-18(10-11-9-17(2)16-15-11)13-7-5-4-6-12(13)14/h4-7,9H,3,8,10,14H2,1-2H3. The Kier molecular flexibility index (Phi) is 3.82. The van der Waals surface area contributed by atoms with Crippen molar-refractivity contribution in [3.05, 3.63) is 36.2 Å².